The first-order chi connectivity index (χ1) is 7.15. The van der Waals surface area contributed by atoms with Crippen molar-refractivity contribution >= 4 is 5.69 Å². The zero-order valence-corrected chi connectivity index (χ0v) is 9.66. The molecule has 1 aromatic rings. The van der Waals surface area contributed by atoms with Crippen molar-refractivity contribution in [2.24, 2.45) is 5.92 Å². The van der Waals surface area contributed by atoms with Gasteiger partial charge in [0.2, 0.25) is 0 Å². The zero-order chi connectivity index (χ0) is 10.8. The highest BCUT2D eigenvalue weighted by Crippen LogP contribution is 2.19. The van der Waals surface area contributed by atoms with Crippen LogP contribution in [0.4, 0.5) is 5.69 Å². The Balaban J connectivity index is 2.02. The fourth-order valence-electron chi connectivity index (χ4n) is 2.26. The Morgan fingerprint density at radius 1 is 1.47 bits per heavy atom. The molecule has 1 atom stereocenters. The first kappa shape index (κ1) is 10.5. The normalized spacial score (nSPS) is 22.1. The van der Waals surface area contributed by atoms with Crippen molar-refractivity contribution < 1.29 is 0 Å². The first-order valence-corrected chi connectivity index (χ1v) is 5.72. The summed E-state index contributed by atoms with van der Waals surface area (Å²) >= 11 is 0. The van der Waals surface area contributed by atoms with Gasteiger partial charge in [0.25, 0.3) is 0 Å². The Kier molecular flexibility index (Phi) is 2.96. The van der Waals surface area contributed by atoms with E-state index in [1.54, 1.807) is 0 Å². The van der Waals surface area contributed by atoms with Crippen LogP contribution >= 0.6 is 0 Å². The molecule has 1 unspecified atom stereocenters. The third-order valence-corrected chi connectivity index (χ3v) is 3.25. The Morgan fingerprint density at radius 2 is 2.27 bits per heavy atom. The molecule has 1 aliphatic rings. The van der Waals surface area contributed by atoms with Gasteiger partial charge in [-0.2, -0.15) is 0 Å². The predicted octanol–water partition coefficient (Wildman–Crippen LogP) is 2.42. The number of nitrogens with two attached hydrogens (primary N) is 1. The summed E-state index contributed by atoms with van der Waals surface area (Å²) in [5, 5.41) is 0. The third kappa shape index (κ3) is 2.51. The lowest BCUT2D eigenvalue weighted by molar-refractivity contribution is 0.320. The van der Waals surface area contributed by atoms with Crippen molar-refractivity contribution in [2.45, 2.75) is 26.8 Å². The minimum atomic E-state index is 0.861. The SMILES string of the molecule is Cc1cc(CN2CCC(C)C2)ccc1N. The van der Waals surface area contributed by atoms with E-state index in [2.05, 4.69) is 30.9 Å². The van der Waals surface area contributed by atoms with Crippen molar-refractivity contribution in [3.8, 4) is 0 Å². The molecule has 1 heterocycles. The molecule has 0 radical (unpaired) electrons. The average Bonchev–Trinajstić information content (AvgIpc) is 2.58. The Bertz CT molecular complexity index is 346. The van der Waals surface area contributed by atoms with Crippen molar-refractivity contribution in [2.75, 3.05) is 18.8 Å². The summed E-state index contributed by atoms with van der Waals surface area (Å²) in [6.07, 6.45) is 1.34. The summed E-state index contributed by atoms with van der Waals surface area (Å²) in [6.45, 7) is 7.96. The van der Waals surface area contributed by atoms with Gasteiger partial charge >= 0.3 is 0 Å². The second kappa shape index (κ2) is 4.23. The van der Waals surface area contributed by atoms with E-state index in [9.17, 15) is 0 Å². The van der Waals surface area contributed by atoms with E-state index in [4.69, 9.17) is 5.73 Å². The van der Waals surface area contributed by atoms with Gasteiger partial charge in [0.05, 0.1) is 0 Å². The number of anilines is 1. The summed E-state index contributed by atoms with van der Waals surface area (Å²) in [7, 11) is 0. The molecule has 1 aliphatic heterocycles. The van der Waals surface area contributed by atoms with Crippen LogP contribution in [0, 0.1) is 12.8 Å². The fourth-order valence-corrected chi connectivity index (χ4v) is 2.26. The molecule has 2 heteroatoms. The first-order valence-electron chi connectivity index (χ1n) is 5.72. The number of hydrogen-bond donors (Lipinski definition) is 1. The van der Waals surface area contributed by atoms with Gasteiger partial charge < -0.3 is 5.73 Å². The second-order valence-corrected chi connectivity index (χ2v) is 4.82. The summed E-state index contributed by atoms with van der Waals surface area (Å²) in [5.74, 6) is 0.861. The van der Waals surface area contributed by atoms with E-state index in [0.29, 0.717) is 0 Å². The van der Waals surface area contributed by atoms with E-state index in [1.165, 1.54) is 30.6 Å². The number of rotatable bonds is 2. The summed E-state index contributed by atoms with van der Waals surface area (Å²) < 4.78 is 0. The molecule has 0 aromatic heterocycles. The molecule has 1 fully saturated rings. The lowest BCUT2D eigenvalue weighted by Crippen LogP contribution is -2.19. The summed E-state index contributed by atoms with van der Waals surface area (Å²) in [5.41, 5.74) is 9.28. The van der Waals surface area contributed by atoms with Crippen LogP contribution in [0.3, 0.4) is 0 Å². The molecule has 0 bridgehead atoms. The largest absolute Gasteiger partial charge is 0.399 e. The number of nitrogen functional groups attached to an aromatic ring is 1. The van der Waals surface area contributed by atoms with E-state index in [0.717, 1.165) is 18.2 Å². The summed E-state index contributed by atoms with van der Waals surface area (Å²) in [6, 6.07) is 6.37. The number of hydrogen-bond acceptors (Lipinski definition) is 2. The maximum atomic E-state index is 5.81. The van der Waals surface area contributed by atoms with Crippen molar-refractivity contribution in [1.82, 2.24) is 4.90 Å². The standard InChI is InChI=1S/C13H20N2/c1-10-5-6-15(8-10)9-12-3-4-13(14)11(2)7-12/h3-4,7,10H,5-6,8-9,14H2,1-2H3. The van der Waals surface area contributed by atoms with Gasteiger partial charge in [-0.05, 0) is 43.0 Å². The lowest BCUT2D eigenvalue weighted by Gasteiger charge is -2.15. The van der Waals surface area contributed by atoms with Crippen LogP contribution in [-0.4, -0.2) is 18.0 Å². The van der Waals surface area contributed by atoms with Gasteiger partial charge in [-0.1, -0.05) is 19.1 Å². The smallest absolute Gasteiger partial charge is 0.0343 e. The molecule has 1 saturated heterocycles. The quantitative estimate of drug-likeness (QED) is 0.750. The van der Waals surface area contributed by atoms with Gasteiger partial charge in [0.15, 0.2) is 0 Å². The van der Waals surface area contributed by atoms with Crippen LogP contribution < -0.4 is 5.73 Å². The lowest BCUT2D eigenvalue weighted by atomic mass is 10.1. The molecule has 0 aliphatic carbocycles. The number of benzene rings is 1. The van der Waals surface area contributed by atoms with Gasteiger partial charge in [0.1, 0.15) is 0 Å². The molecular weight excluding hydrogens is 184 g/mol. The summed E-state index contributed by atoms with van der Waals surface area (Å²) in [4.78, 5) is 2.52. The third-order valence-electron chi connectivity index (χ3n) is 3.25. The van der Waals surface area contributed by atoms with Gasteiger partial charge in [-0.3, -0.25) is 4.90 Å². The van der Waals surface area contributed by atoms with Crippen LogP contribution in [0.25, 0.3) is 0 Å². The monoisotopic (exact) mass is 204 g/mol. The van der Waals surface area contributed by atoms with E-state index in [1.807, 2.05) is 6.07 Å². The highest BCUT2D eigenvalue weighted by Gasteiger charge is 2.18. The van der Waals surface area contributed by atoms with Gasteiger partial charge in [0, 0.05) is 18.8 Å². The Morgan fingerprint density at radius 3 is 2.87 bits per heavy atom. The molecular formula is C13H20N2. The van der Waals surface area contributed by atoms with Crippen LogP contribution in [0.15, 0.2) is 18.2 Å². The van der Waals surface area contributed by atoms with Crippen molar-refractivity contribution in [3.63, 3.8) is 0 Å². The molecule has 2 N–H and O–H groups in total. The van der Waals surface area contributed by atoms with Gasteiger partial charge in [-0.15, -0.1) is 0 Å². The van der Waals surface area contributed by atoms with Crippen molar-refractivity contribution in [1.29, 1.82) is 0 Å². The Labute approximate surface area is 92.1 Å². The molecule has 2 nitrogen and oxygen atoms in total. The van der Waals surface area contributed by atoms with Crippen LogP contribution in [0.5, 0.6) is 0 Å². The molecule has 1 aromatic carbocycles. The highest BCUT2D eigenvalue weighted by atomic mass is 15.1. The van der Waals surface area contributed by atoms with E-state index in [-0.39, 0.29) is 0 Å². The number of aryl methyl sites for hydroxylation is 1. The predicted molar refractivity (Wildman–Crippen MR) is 64.6 cm³/mol. The zero-order valence-electron chi connectivity index (χ0n) is 9.66. The van der Waals surface area contributed by atoms with Crippen LogP contribution in [0.2, 0.25) is 0 Å². The van der Waals surface area contributed by atoms with Crippen LogP contribution in [0.1, 0.15) is 24.5 Å². The maximum Gasteiger partial charge on any atom is 0.0343 e. The topological polar surface area (TPSA) is 29.3 Å². The van der Waals surface area contributed by atoms with Gasteiger partial charge in [-0.25, -0.2) is 0 Å². The van der Waals surface area contributed by atoms with Crippen molar-refractivity contribution in [3.05, 3.63) is 29.3 Å². The van der Waals surface area contributed by atoms with E-state index < -0.39 is 0 Å². The fraction of sp³-hybridized carbons (Fsp3) is 0.538. The number of likely N-dealkylation sites (tertiary alicyclic amines) is 1. The van der Waals surface area contributed by atoms with E-state index >= 15 is 0 Å². The minimum Gasteiger partial charge on any atom is -0.399 e. The molecule has 0 saturated carbocycles. The molecule has 15 heavy (non-hydrogen) atoms. The molecule has 82 valence electrons. The Hall–Kier alpha value is -1.02. The second-order valence-electron chi connectivity index (χ2n) is 4.82. The molecule has 0 spiro atoms. The maximum absolute atomic E-state index is 5.81. The highest BCUT2D eigenvalue weighted by molar-refractivity contribution is 5.47. The molecule has 0 amide bonds. The average molecular weight is 204 g/mol. The molecule has 2 rings (SSSR count). The minimum absolute atomic E-state index is 0.861. The number of nitrogens with zero attached hydrogens (tertiary/aromatic N) is 1. The van der Waals surface area contributed by atoms with Crippen LogP contribution in [-0.2, 0) is 6.54 Å².